The molecule has 1 aliphatic carbocycles. The molecule has 3 nitrogen and oxygen atoms in total. The maximum absolute atomic E-state index is 11.2. The van der Waals surface area contributed by atoms with Crippen LogP contribution in [0, 0.1) is 0 Å². The zero-order valence-electron chi connectivity index (χ0n) is 11.1. The Morgan fingerprint density at radius 2 is 2.05 bits per heavy atom. The van der Waals surface area contributed by atoms with E-state index in [1.807, 2.05) is 23.5 Å². The van der Waals surface area contributed by atoms with Crippen molar-refractivity contribution >= 4 is 17.2 Å². The highest BCUT2D eigenvalue weighted by molar-refractivity contribution is 7.14. The first-order chi connectivity index (χ1) is 9.25. The third-order valence-electron chi connectivity index (χ3n) is 3.61. The molecule has 3 rings (SSSR count). The molecule has 2 aromatic heterocycles. The van der Waals surface area contributed by atoms with Gasteiger partial charge in [0.25, 0.3) is 0 Å². The lowest BCUT2D eigenvalue weighted by Crippen LogP contribution is -2.20. The fourth-order valence-corrected chi connectivity index (χ4v) is 4.06. The SMILES string of the molecule is CC(=O)NCc1c(-n2cccc2)sc2c1CCCC2. The number of fused-ring (bicyclic) bond motifs is 1. The van der Waals surface area contributed by atoms with Crippen molar-refractivity contribution < 1.29 is 4.79 Å². The molecule has 1 N–H and O–H groups in total. The van der Waals surface area contributed by atoms with Crippen molar-refractivity contribution in [2.24, 2.45) is 0 Å². The van der Waals surface area contributed by atoms with Gasteiger partial charge in [-0.2, -0.15) is 0 Å². The Balaban J connectivity index is 2.02. The van der Waals surface area contributed by atoms with Crippen LogP contribution in [-0.4, -0.2) is 10.5 Å². The smallest absolute Gasteiger partial charge is 0.217 e. The van der Waals surface area contributed by atoms with Crippen LogP contribution in [-0.2, 0) is 24.2 Å². The minimum absolute atomic E-state index is 0.0363. The first-order valence-corrected chi connectivity index (χ1v) is 7.58. The van der Waals surface area contributed by atoms with E-state index < -0.39 is 0 Å². The van der Waals surface area contributed by atoms with E-state index in [2.05, 4.69) is 22.3 Å². The number of hydrogen-bond acceptors (Lipinski definition) is 2. The van der Waals surface area contributed by atoms with Crippen molar-refractivity contribution in [1.82, 2.24) is 9.88 Å². The number of aryl methyl sites for hydroxylation is 1. The van der Waals surface area contributed by atoms with Gasteiger partial charge in [0.05, 0.1) is 0 Å². The standard InChI is InChI=1S/C15H18N2OS/c1-11(18)16-10-13-12-6-2-3-7-14(12)19-15(13)17-8-4-5-9-17/h4-5,8-9H,2-3,6-7,10H2,1H3,(H,16,18). The minimum atomic E-state index is 0.0363. The van der Waals surface area contributed by atoms with Gasteiger partial charge in [-0.25, -0.2) is 0 Å². The quantitative estimate of drug-likeness (QED) is 0.917. The lowest BCUT2D eigenvalue weighted by Gasteiger charge is -2.13. The molecule has 1 amide bonds. The molecule has 0 aromatic carbocycles. The van der Waals surface area contributed by atoms with Crippen LogP contribution in [0.1, 0.15) is 35.8 Å². The van der Waals surface area contributed by atoms with Gasteiger partial charge >= 0.3 is 0 Å². The number of hydrogen-bond donors (Lipinski definition) is 1. The van der Waals surface area contributed by atoms with Gasteiger partial charge in [-0.3, -0.25) is 4.79 Å². The van der Waals surface area contributed by atoms with E-state index in [9.17, 15) is 4.79 Å². The molecule has 2 aromatic rings. The number of aromatic nitrogens is 1. The number of nitrogens with one attached hydrogen (secondary N) is 1. The second-order valence-electron chi connectivity index (χ2n) is 4.99. The van der Waals surface area contributed by atoms with Gasteiger partial charge in [-0.15, -0.1) is 11.3 Å². The van der Waals surface area contributed by atoms with E-state index in [1.54, 1.807) is 6.92 Å². The zero-order chi connectivity index (χ0) is 13.2. The number of nitrogens with zero attached hydrogens (tertiary/aromatic N) is 1. The van der Waals surface area contributed by atoms with Gasteiger partial charge in [0.1, 0.15) is 5.00 Å². The van der Waals surface area contributed by atoms with E-state index in [0.717, 1.165) is 6.42 Å². The monoisotopic (exact) mass is 274 g/mol. The maximum Gasteiger partial charge on any atom is 0.217 e. The molecule has 0 fully saturated rings. The molecule has 0 unspecified atom stereocenters. The number of carbonyl (C=O) groups is 1. The average Bonchev–Trinajstić information content (AvgIpc) is 3.03. The fourth-order valence-electron chi connectivity index (χ4n) is 2.69. The summed E-state index contributed by atoms with van der Waals surface area (Å²) in [6.45, 7) is 2.23. The third kappa shape index (κ3) is 2.45. The molecule has 0 saturated heterocycles. The first-order valence-electron chi connectivity index (χ1n) is 6.77. The largest absolute Gasteiger partial charge is 0.352 e. The second kappa shape index (κ2) is 5.21. The van der Waals surface area contributed by atoms with Crippen LogP contribution < -0.4 is 5.32 Å². The van der Waals surface area contributed by atoms with Crippen molar-refractivity contribution in [3.8, 4) is 5.00 Å². The van der Waals surface area contributed by atoms with Gasteiger partial charge in [-0.05, 0) is 43.4 Å². The van der Waals surface area contributed by atoms with E-state index in [0.29, 0.717) is 6.54 Å². The maximum atomic E-state index is 11.2. The molecule has 0 atom stereocenters. The lowest BCUT2D eigenvalue weighted by atomic mass is 9.95. The van der Waals surface area contributed by atoms with Crippen molar-refractivity contribution in [2.75, 3.05) is 0 Å². The Morgan fingerprint density at radius 1 is 1.32 bits per heavy atom. The van der Waals surface area contributed by atoms with Crippen molar-refractivity contribution in [1.29, 1.82) is 0 Å². The van der Waals surface area contributed by atoms with Gasteiger partial charge in [0.15, 0.2) is 0 Å². The molecular formula is C15H18N2OS. The summed E-state index contributed by atoms with van der Waals surface area (Å²) in [6, 6.07) is 4.09. The molecular weight excluding hydrogens is 256 g/mol. The molecule has 0 spiro atoms. The first kappa shape index (κ1) is 12.5. The lowest BCUT2D eigenvalue weighted by molar-refractivity contribution is -0.119. The summed E-state index contributed by atoms with van der Waals surface area (Å²) < 4.78 is 2.17. The molecule has 0 aliphatic heterocycles. The Hall–Kier alpha value is -1.55. The predicted octanol–water partition coefficient (Wildman–Crippen LogP) is 3.05. The van der Waals surface area contributed by atoms with Crippen molar-refractivity contribution in [3.05, 3.63) is 40.5 Å². The molecule has 1 aliphatic rings. The Bertz CT molecular complexity index is 584. The highest BCUT2D eigenvalue weighted by Gasteiger charge is 2.21. The topological polar surface area (TPSA) is 34.0 Å². The van der Waals surface area contributed by atoms with Crippen LogP contribution in [0.15, 0.2) is 24.5 Å². The van der Waals surface area contributed by atoms with E-state index in [1.165, 1.54) is 40.3 Å². The Kier molecular flexibility index (Phi) is 3.42. The molecule has 0 radical (unpaired) electrons. The molecule has 0 bridgehead atoms. The summed E-state index contributed by atoms with van der Waals surface area (Å²) in [4.78, 5) is 12.7. The van der Waals surface area contributed by atoms with Crippen molar-refractivity contribution in [3.63, 3.8) is 0 Å². The fraction of sp³-hybridized carbons (Fsp3) is 0.400. The summed E-state index contributed by atoms with van der Waals surface area (Å²) in [6.07, 6.45) is 9.06. The highest BCUT2D eigenvalue weighted by Crippen LogP contribution is 2.36. The minimum Gasteiger partial charge on any atom is -0.352 e. The second-order valence-corrected chi connectivity index (χ2v) is 6.08. The van der Waals surface area contributed by atoms with Crippen LogP contribution in [0.25, 0.3) is 5.00 Å². The van der Waals surface area contributed by atoms with Gasteiger partial charge in [0.2, 0.25) is 5.91 Å². The zero-order valence-corrected chi connectivity index (χ0v) is 11.9. The normalized spacial score (nSPS) is 14.2. The van der Waals surface area contributed by atoms with E-state index >= 15 is 0 Å². The number of rotatable bonds is 3. The van der Waals surface area contributed by atoms with Crippen LogP contribution in [0.4, 0.5) is 0 Å². The predicted molar refractivity (Wildman–Crippen MR) is 77.8 cm³/mol. The van der Waals surface area contributed by atoms with Crippen LogP contribution >= 0.6 is 11.3 Å². The summed E-state index contributed by atoms with van der Waals surface area (Å²) in [7, 11) is 0. The third-order valence-corrected chi connectivity index (χ3v) is 4.96. The molecule has 100 valence electrons. The number of carbonyl (C=O) groups excluding carboxylic acids is 1. The van der Waals surface area contributed by atoms with Crippen LogP contribution in [0.2, 0.25) is 0 Å². The van der Waals surface area contributed by atoms with E-state index in [4.69, 9.17) is 0 Å². The van der Waals surface area contributed by atoms with Gasteiger partial charge in [-0.1, -0.05) is 0 Å². The van der Waals surface area contributed by atoms with Crippen LogP contribution in [0.5, 0.6) is 0 Å². The Morgan fingerprint density at radius 3 is 2.79 bits per heavy atom. The summed E-state index contributed by atoms with van der Waals surface area (Å²) >= 11 is 1.88. The van der Waals surface area contributed by atoms with Gasteiger partial charge < -0.3 is 9.88 Å². The van der Waals surface area contributed by atoms with Crippen molar-refractivity contribution in [2.45, 2.75) is 39.2 Å². The van der Waals surface area contributed by atoms with Crippen LogP contribution in [0.3, 0.4) is 0 Å². The molecule has 0 saturated carbocycles. The van der Waals surface area contributed by atoms with Gasteiger partial charge in [0, 0.05) is 36.3 Å². The summed E-state index contributed by atoms with van der Waals surface area (Å²) in [5, 5.41) is 4.22. The Labute approximate surface area is 117 Å². The highest BCUT2D eigenvalue weighted by atomic mass is 32.1. The summed E-state index contributed by atoms with van der Waals surface area (Å²) in [5.74, 6) is 0.0363. The average molecular weight is 274 g/mol. The molecule has 19 heavy (non-hydrogen) atoms. The molecule has 4 heteroatoms. The number of thiophene rings is 1. The summed E-state index contributed by atoms with van der Waals surface area (Å²) in [5.41, 5.74) is 2.79. The number of amides is 1. The van der Waals surface area contributed by atoms with E-state index in [-0.39, 0.29) is 5.91 Å². The molecule has 2 heterocycles.